The van der Waals surface area contributed by atoms with Crippen LogP contribution in [0.15, 0.2) is 0 Å². The van der Waals surface area contributed by atoms with E-state index in [1.165, 1.54) is 0 Å². The number of amides is 2. The Hall–Kier alpha value is -1.30. The SMILES string of the molecule is CCCOCCCNC(=O)NCCCC(=O)O. The number of carboxylic acid groups (broad SMARTS) is 1. The Morgan fingerprint density at radius 1 is 1.12 bits per heavy atom. The predicted octanol–water partition coefficient (Wildman–Crippen LogP) is 0.967. The van der Waals surface area contributed by atoms with Crippen LogP contribution in [0.2, 0.25) is 0 Å². The van der Waals surface area contributed by atoms with E-state index in [4.69, 9.17) is 9.84 Å². The summed E-state index contributed by atoms with van der Waals surface area (Å²) in [6, 6.07) is -0.258. The van der Waals surface area contributed by atoms with Gasteiger partial charge in [0.05, 0.1) is 0 Å². The van der Waals surface area contributed by atoms with Crippen LogP contribution >= 0.6 is 0 Å². The lowest BCUT2D eigenvalue weighted by molar-refractivity contribution is -0.137. The van der Waals surface area contributed by atoms with Crippen LogP contribution in [0, 0.1) is 0 Å². The summed E-state index contributed by atoms with van der Waals surface area (Å²) in [6.07, 6.45) is 2.30. The van der Waals surface area contributed by atoms with Crippen LogP contribution in [0.3, 0.4) is 0 Å². The molecule has 0 aromatic carbocycles. The highest BCUT2D eigenvalue weighted by atomic mass is 16.5. The zero-order chi connectivity index (χ0) is 12.9. The molecule has 0 atom stereocenters. The van der Waals surface area contributed by atoms with Crippen molar-refractivity contribution < 1.29 is 19.4 Å². The molecule has 0 aliphatic rings. The van der Waals surface area contributed by atoms with Crippen molar-refractivity contribution in [3.63, 3.8) is 0 Å². The molecule has 6 nitrogen and oxygen atoms in total. The maximum atomic E-state index is 11.2. The van der Waals surface area contributed by atoms with E-state index in [0.29, 0.717) is 26.1 Å². The van der Waals surface area contributed by atoms with Gasteiger partial charge in [0.25, 0.3) is 0 Å². The lowest BCUT2D eigenvalue weighted by Crippen LogP contribution is -2.36. The fourth-order valence-electron chi connectivity index (χ4n) is 1.13. The second kappa shape index (κ2) is 11.2. The molecule has 0 spiro atoms. The normalized spacial score (nSPS) is 9.94. The van der Waals surface area contributed by atoms with E-state index in [1.807, 2.05) is 6.92 Å². The first-order valence-electron chi connectivity index (χ1n) is 5.98. The van der Waals surface area contributed by atoms with Crippen molar-refractivity contribution in [1.82, 2.24) is 10.6 Å². The molecule has 0 aromatic rings. The van der Waals surface area contributed by atoms with Crippen LogP contribution in [0.1, 0.15) is 32.6 Å². The quantitative estimate of drug-likeness (QED) is 0.501. The summed E-state index contributed by atoms with van der Waals surface area (Å²) in [5, 5.41) is 13.6. The van der Waals surface area contributed by atoms with Gasteiger partial charge in [-0.3, -0.25) is 4.79 Å². The summed E-state index contributed by atoms with van der Waals surface area (Å²) < 4.78 is 5.25. The first kappa shape index (κ1) is 15.7. The first-order valence-corrected chi connectivity index (χ1v) is 5.98. The van der Waals surface area contributed by atoms with Crippen molar-refractivity contribution in [2.24, 2.45) is 0 Å². The summed E-state index contributed by atoms with van der Waals surface area (Å²) in [4.78, 5) is 21.4. The standard InChI is InChI=1S/C11H22N2O4/c1-2-8-17-9-4-7-13-11(16)12-6-3-5-10(14)15/h2-9H2,1H3,(H,14,15)(H2,12,13,16). The lowest BCUT2D eigenvalue weighted by atomic mass is 10.3. The zero-order valence-corrected chi connectivity index (χ0v) is 10.3. The Morgan fingerprint density at radius 3 is 2.35 bits per heavy atom. The molecule has 2 amide bonds. The Bertz CT molecular complexity index is 222. The minimum Gasteiger partial charge on any atom is -0.481 e. The fraction of sp³-hybridized carbons (Fsp3) is 0.818. The molecule has 0 radical (unpaired) electrons. The maximum absolute atomic E-state index is 11.2. The number of rotatable bonds is 10. The van der Waals surface area contributed by atoms with Crippen molar-refractivity contribution in [1.29, 1.82) is 0 Å². The summed E-state index contributed by atoms with van der Waals surface area (Å²) in [7, 11) is 0. The Balaban J connectivity index is 3.20. The molecule has 0 aromatic heterocycles. The van der Waals surface area contributed by atoms with Crippen LogP contribution < -0.4 is 10.6 Å². The number of carbonyl (C=O) groups excluding carboxylic acids is 1. The highest BCUT2D eigenvalue weighted by molar-refractivity contribution is 5.73. The van der Waals surface area contributed by atoms with E-state index >= 15 is 0 Å². The highest BCUT2D eigenvalue weighted by Crippen LogP contribution is 1.86. The third kappa shape index (κ3) is 12.6. The molecular formula is C11H22N2O4. The average Bonchev–Trinajstić information content (AvgIpc) is 2.29. The van der Waals surface area contributed by atoms with Crippen LogP contribution in [0.5, 0.6) is 0 Å². The van der Waals surface area contributed by atoms with Crippen molar-refractivity contribution in [3.8, 4) is 0 Å². The van der Waals surface area contributed by atoms with Gasteiger partial charge in [-0.2, -0.15) is 0 Å². The van der Waals surface area contributed by atoms with Gasteiger partial charge in [0.15, 0.2) is 0 Å². The molecule has 0 rings (SSSR count). The highest BCUT2D eigenvalue weighted by Gasteiger charge is 2.00. The van der Waals surface area contributed by atoms with Crippen LogP contribution in [-0.2, 0) is 9.53 Å². The molecule has 17 heavy (non-hydrogen) atoms. The maximum Gasteiger partial charge on any atom is 0.314 e. The van der Waals surface area contributed by atoms with Crippen molar-refractivity contribution >= 4 is 12.0 Å². The van der Waals surface area contributed by atoms with Crippen molar-refractivity contribution in [2.45, 2.75) is 32.6 Å². The van der Waals surface area contributed by atoms with Gasteiger partial charge in [0, 0.05) is 32.7 Å². The fourth-order valence-corrected chi connectivity index (χ4v) is 1.13. The van der Waals surface area contributed by atoms with Crippen LogP contribution in [0.4, 0.5) is 4.79 Å². The van der Waals surface area contributed by atoms with Crippen molar-refractivity contribution in [2.75, 3.05) is 26.3 Å². The van der Waals surface area contributed by atoms with E-state index in [0.717, 1.165) is 19.4 Å². The molecule has 0 aliphatic carbocycles. The monoisotopic (exact) mass is 246 g/mol. The molecule has 0 bridgehead atoms. The predicted molar refractivity (Wildman–Crippen MR) is 64.0 cm³/mol. The summed E-state index contributed by atoms with van der Waals surface area (Å²) in [5.74, 6) is -0.847. The third-order valence-corrected chi connectivity index (χ3v) is 1.95. The minimum atomic E-state index is -0.847. The number of carboxylic acids is 1. The van der Waals surface area contributed by atoms with E-state index < -0.39 is 5.97 Å². The van der Waals surface area contributed by atoms with Gasteiger partial charge in [-0.1, -0.05) is 6.92 Å². The van der Waals surface area contributed by atoms with Crippen LogP contribution in [0.25, 0.3) is 0 Å². The zero-order valence-electron chi connectivity index (χ0n) is 10.3. The summed E-state index contributed by atoms with van der Waals surface area (Å²) in [6.45, 7) is 4.39. The van der Waals surface area contributed by atoms with Gasteiger partial charge < -0.3 is 20.5 Å². The minimum absolute atomic E-state index is 0.0745. The molecule has 3 N–H and O–H groups in total. The first-order chi connectivity index (χ1) is 8.16. The van der Waals surface area contributed by atoms with Gasteiger partial charge in [-0.25, -0.2) is 4.79 Å². The van der Waals surface area contributed by atoms with E-state index in [2.05, 4.69) is 10.6 Å². The summed E-state index contributed by atoms with van der Waals surface area (Å²) >= 11 is 0. The third-order valence-electron chi connectivity index (χ3n) is 1.95. The number of aliphatic carboxylic acids is 1. The number of hydrogen-bond donors (Lipinski definition) is 3. The average molecular weight is 246 g/mol. The Morgan fingerprint density at radius 2 is 1.76 bits per heavy atom. The molecule has 0 heterocycles. The number of nitrogens with one attached hydrogen (secondary N) is 2. The van der Waals surface area contributed by atoms with E-state index in [-0.39, 0.29) is 12.5 Å². The topological polar surface area (TPSA) is 87.7 Å². The number of ether oxygens (including phenoxy) is 1. The Labute approximate surface area is 102 Å². The van der Waals surface area contributed by atoms with E-state index in [9.17, 15) is 9.59 Å². The number of carbonyl (C=O) groups is 2. The molecule has 0 aliphatic heterocycles. The second-order valence-corrected chi connectivity index (χ2v) is 3.65. The van der Waals surface area contributed by atoms with Gasteiger partial charge in [0.1, 0.15) is 0 Å². The smallest absolute Gasteiger partial charge is 0.314 e. The molecule has 0 saturated heterocycles. The number of hydrogen-bond acceptors (Lipinski definition) is 3. The molecular weight excluding hydrogens is 224 g/mol. The molecule has 0 saturated carbocycles. The van der Waals surface area contributed by atoms with Crippen molar-refractivity contribution in [3.05, 3.63) is 0 Å². The molecule has 0 fully saturated rings. The second-order valence-electron chi connectivity index (χ2n) is 3.65. The van der Waals surface area contributed by atoms with Gasteiger partial charge in [-0.05, 0) is 19.3 Å². The lowest BCUT2D eigenvalue weighted by Gasteiger charge is -2.07. The summed E-state index contributed by atoms with van der Waals surface area (Å²) in [5.41, 5.74) is 0. The number of urea groups is 1. The molecule has 6 heteroatoms. The Kier molecular flexibility index (Phi) is 10.3. The van der Waals surface area contributed by atoms with Crippen LogP contribution in [-0.4, -0.2) is 43.4 Å². The van der Waals surface area contributed by atoms with Gasteiger partial charge in [-0.15, -0.1) is 0 Å². The van der Waals surface area contributed by atoms with Gasteiger partial charge >= 0.3 is 12.0 Å². The van der Waals surface area contributed by atoms with E-state index in [1.54, 1.807) is 0 Å². The molecule has 100 valence electrons. The van der Waals surface area contributed by atoms with Gasteiger partial charge in [0.2, 0.25) is 0 Å². The molecule has 0 unspecified atom stereocenters. The largest absolute Gasteiger partial charge is 0.481 e.